The Morgan fingerprint density at radius 3 is 2.66 bits per heavy atom. The molecule has 214 valence electrons. The molecule has 3 N–H and O–H groups in total. The first-order valence-corrected chi connectivity index (χ1v) is 14.6. The number of nitrogens with zero attached hydrogens (tertiary/aromatic N) is 2. The van der Waals surface area contributed by atoms with Crippen LogP contribution in [-0.4, -0.2) is 67.2 Å². The second kappa shape index (κ2) is 12.3. The Morgan fingerprint density at radius 2 is 1.93 bits per heavy atom. The van der Waals surface area contributed by atoms with Crippen LogP contribution in [0.1, 0.15) is 11.1 Å². The Kier molecular flexibility index (Phi) is 8.54. The molecule has 2 aliphatic rings. The average Bonchev–Trinajstić information content (AvgIpc) is 3.40. The average molecular weight is 599 g/mol. The van der Waals surface area contributed by atoms with Crippen molar-refractivity contribution in [3.05, 3.63) is 83.0 Å². The molecule has 0 bridgehead atoms. The van der Waals surface area contributed by atoms with Gasteiger partial charge in [-0.15, -0.1) is 0 Å². The molecule has 13 heteroatoms. The van der Waals surface area contributed by atoms with Gasteiger partial charge < -0.3 is 19.9 Å². The summed E-state index contributed by atoms with van der Waals surface area (Å²) in [4.78, 5) is 27.2. The lowest BCUT2D eigenvalue weighted by Gasteiger charge is -2.27. The summed E-state index contributed by atoms with van der Waals surface area (Å²) >= 11 is 6.58. The molecule has 1 unspecified atom stereocenters. The molecule has 3 heterocycles. The van der Waals surface area contributed by atoms with E-state index in [-0.39, 0.29) is 23.2 Å². The van der Waals surface area contributed by atoms with Gasteiger partial charge in [0.1, 0.15) is 17.7 Å². The highest BCUT2D eigenvalue weighted by Crippen LogP contribution is 2.41. The number of hydrogen-bond acceptors (Lipinski definition) is 7. The number of rotatable bonds is 8. The summed E-state index contributed by atoms with van der Waals surface area (Å²) < 4.78 is 39.6. The summed E-state index contributed by atoms with van der Waals surface area (Å²) in [6.07, 6.45) is 3.30. The second-order valence-corrected chi connectivity index (χ2v) is 11.7. The molecule has 0 radical (unpaired) electrons. The fraction of sp³-hybridized carbons (Fsp3) is 0.250. The molecule has 2 aromatic carbocycles. The highest BCUT2D eigenvalue weighted by molar-refractivity contribution is 7.89. The van der Waals surface area contributed by atoms with Gasteiger partial charge in [-0.2, -0.15) is 4.31 Å². The third-order valence-corrected chi connectivity index (χ3v) is 8.82. The molecule has 5 rings (SSSR count). The lowest BCUT2D eigenvalue weighted by Crippen LogP contribution is -2.40. The van der Waals surface area contributed by atoms with Crippen molar-refractivity contribution in [2.75, 3.05) is 31.6 Å². The minimum absolute atomic E-state index is 0.189. The standard InChI is InChI=1S/C28H27ClN4O7S/c29-23-15-19(22-3-1-2-4-24(22)41(37,38)33-9-11-39-12-10-33)13-20-14-21(40-27(20)23)6-8-26(34)31-17-18-5-7-25(30-16-18)32-28(35)36/h1-8,13,15-16,21H,9-12,14,17H2,(H,30,32)(H,31,34)(H,35,36). The molecule has 1 saturated heterocycles. The third kappa shape index (κ3) is 6.68. The zero-order valence-corrected chi connectivity index (χ0v) is 23.3. The number of halogens is 1. The van der Waals surface area contributed by atoms with Crippen LogP contribution in [0, 0.1) is 0 Å². The van der Waals surface area contributed by atoms with E-state index in [0.717, 1.165) is 5.56 Å². The van der Waals surface area contributed by atoms with Gasteiger partial charge in [-0.3, -0.25) is 10.1 Å². The summed E-state index contributed by atoms with van der Waals surface area (Å²) in [5, 5.41) is 14.0. The minimum Gasteiger partial charge on any atom is -0.484 e. The maximum atomic E-state index is 13.4. The number of carboxylic acid groups (broad SMARTS) is 1. The van der Waals surface area contributed by atoms with Crippen LogP contribution in [0.2, 0.25) is 5.02 Å². The molecule has 1 aromatic heterocycles. The first kappa shape index (κ1) is 28.6. The highest BCUT2D eigenvalue weighted by atomic mass is 35.5. The summed E-state index contributed by atoms with van der Waals surface area (Å²) in [5.74, 6) is 0.348. The van der Waals surface area contributed by atoms with E-state index in [2.05, 4.69) is 15.6 Å². The van der Waals surface area contributed by atoms with Crippen LogP contribution in [0.15, 0.2) is 71.8 Å². The van der Waals surface area contributed by atoms with Gasteiger partial charge in [-0.25, -0.2) is 18.2 Å². The van der Waals surface area contributed by atoms with Gasteiger partial charge in [-0.1, -0.05) is 35.9 Å². The van der Waals surface area contributed by atoms with Crippen LogP contribution < -0.4 is 15.4 Å². The van der Waals surface area contributed by atoms with Crippen molar-refractivity contribution < 1.29 is 32.6 Å². The molecular formula is C28H27ClN4O7S. The van der Waals surface area contributed by atoms with E-state index >= 15 is 0 Å². The van der Waals surface area contributed by atoms with Crippen LogP contribution in [0.4, 0.5) is 10.6 Å². The number of benzene rings is 2. The Labute approximate surface area is 241 Å². The molecular weight excluding hydrogens is 572 g/mol. The first-order chi connectivity index (χ1) is 19.7. The van der Waals surface area contributed by atoms with Crippen molar-refractivity contribution in [3.8, 4) is 16.9 Å². The topological polar surface area (TPSA) is 147 Å². The number of fused-ring (bicyclic) bond motifs is 1. The van der Waals surface area contributed by atoms with Gasteiger partial charge in [0.2, 0.25) is 15.9 Å². The lowest BCUT2D eigenvalue weighted by atomic mass is 10.0. The Hall–Kier alpha value is -3.97. The molecule has 41 heavy (non-hydrogen) atoms. The smallest absolute Gasteiger partial charge is 0.410 e. The number of carbonyl (C=O) groups excluding carboxylic acids is 1. The largest absolute Gasteiger partial charge is 0.484 e. The number of amides is 2. The molecule has 2 amide bonds. The summed E-state index contributed by atoms with van der Waals surface area (Å²) in [6, 6.07) is 13.6. The van der Waals surface area contributed by atoms with Crippen molar-refractivity contribution >= 4 is 39.4 Å². The number of aromatic nitrogens is 1. The number of anilines is 1. The summed E-state index contributed by atoms with van der Waals surface area (Å²) in [7, 11) is -3.74. The van der Waals surface area contributed by atoms with Crippen LogP contribution in [-0.2, 0) is 32.5 Å². The fourth-order valence-corrected chi connectivity index (χ4v) is 6.52. The Morgan fingerprint density at radius 1 is 1.15 bits per heavy atom. The zero-order chi connectivity index (χ0) is 29.0. The van der Waals surface area contributed by atoms with Crippen LogP contribution in [0.3, 0.4) is 0 Å². The van der Waals surface area contributed by atoms with Crippen LogP contribution >= 0.6 is 11.6 Å². The second-order valence-electron chi connectivity index (χ2n) is 9.38. The highest BCUT2D eigenvalue weighted by Gasteiger charge is 2.30. The SMILES string of the molecule is O=C(O)Nc1ccc(CNC(=O)C=CC2Cc3cc(-c4ccccc4S(=O)(=O)N4CCOCC4)cc(Cl)c3O2)cn1. The molecule has 1 fully saturated rings. The van der Waals surface area contributed by atoms with E-state index in [1.807, 2.05) is 6.07 Å². The monoisotopic (exact) mass is 598 g/mol. The van der Waals surface area contributed by atoms with Crippen molar-refractivity contribution in [1.29, 1.82) is 0 Å². The molecule has 0 aliphatic carbocycles. The zero-order valence-electron chi connectivity index (χ0n) is 21.7. The summed E-state index contributed by atoms with van der Waals surface area (Å²) in [5.41, 5.74) is 2.71. The van der Waals surface area contributed by atoms with E-state index in [1.165, 1.54) is 22.6 Å². The van der Waals surface area contributed by atoms with Gasteiger partial charge in [0.15, 0.2) is 0 Å². The molecule has 2 aliphatic heterocycles. The normalized spacial score (nSPS) is 17.1. The van der Waals surface area contributed by atoms with Crippen molar-refractivity contribution in [3.63, 3.8) is 0 Å². The van der Waals surface area contributed by atoms with Crippen molar-refractivity contribution in [2.24, 2.45) is 0 Å². The van der Waals surface area contributed by atoms with Crippen LogP contribution in [0.25, 0.3) is 11.1 Å². The number of nitrogens with one attached hydrogen (secondary N) is 2. The molecule has 0 spiro atoms. The van der Waals surface area contributed by atoms with E-state index in [9.17, 15) is 18.0 Å². The maximum Gasteiger partial charge on any atom is 0.410 e. The van der Waals surface area contributed by atoms with E-state index in [0.29, 0.717) is 60.2 Å². The predicted molar refractivity (Wildman–Crippen MR) is 151 cm³/mol. The van der Waals surface area contributed by atoms with Crippen molar-refractivity contribution in [2.45, 2.75) is 24.0 Å². The molecule has 11 nitrogen and oxygen atoms in total. The Balaban J connectivity index is 1.25. The third-order valence-electron chi connectivity index (χ3n) is 6.59. The van der Waals surface area contributed by atoms with Gasteiger partial charge in [0.05, 0.1) is 23.1 Å². The van der Waals surface area contributed by atoms with E-state index < -0.39 is 22.2 Å². The van der Waals surface area contributed by atoms with E-state index in [1.54, 1.807) is 42.5 Å². The van der Waals surface area contributed by atoms with Crippen LogP contribution in [0.5, 0.6) is 5.75 Å². The minimum atomic E-state index is -3.74. The summed E-state index contributed by atoms with van der Waals surface area (Å²) in [6.45, 7) is 1.51. The lowest BCUT2D eigenvalue weighted by molar-refractivity contribution is -0.116. The number of hydrogen-bond donors (Lipinski definition) is 3. The van der Waals surface area contributed by atoms with Gasteiger partial charge in [0, 0.05) is 49.5 Å². The predicted octanol–water partition coefficient (Wildman–Crippen LogP) is 3.69. The first-order valence-electron chi connectivity index (χ1n) is 12.8. The van der Waals surface area contributed by atoms with Gasteiger partial charge >= 0.3 is 6.09 Å². The quantitative estimate of drug-likeness (QED) is 0.333. The van der Waals surface area contributed by atoms with Gasteiger partial charge in [0.25, 0.3) is 0 Å². The van der Waals surface area contributed by atoms with E-state index in [4.69, 9.17) is 26.2 Å². The molecule has 3 aromatic rings. The maximum absolute atomic E-state index is 13.4. The number of morpholine rings is 1. The number of sulfonamides is 1. The number of ether oxygens (including phenoxy) is 2. The molecule has 0 saturated carbocycles. The Bertz CT molecular complexity index is 1590. The fourth-order valence-electron chi connectivity index (χ4n) is 4.62. The number of pyridine rings is 1. The molecule has 1 atom stereocenters. The number of carbonyl (C=O) groups is 2. The van der Waals surface area contributed by atoms with Gasteiger partial charge in [-0.05, 0) is 41.5 Å². The van der Waals surface area contributed by atoms with Crippen molar-refractivity contribution in [1.82, 2.24) is 14.6 Å².